The number of aromatic nitrogens is 3. The first-order valence-electron chi connectivity index (χ1n) is 6.39. The maximum atomic E-state index is 11.0. The van der Waals surface area contributed by atoms with Gasteiger partial charge in [-0.3, -0.25) is 10.1 Å². The van der Waals surface area contributed by atoms with Crippen LogP contribution in [0.15, 0.2) is 18.2 Å². The summed E-state index contributed by atoms with van der Waals surface area (Å²) in [5.74, 6) is -0.0133. The van der Waals surface area contributed by atoms with Gasteiger partial charge < -0.3 is 4.74 Å². The molecule has 1 aromatic carbocycles. The van der Waals surface area contributed by atoms with Crippen LogP contribution in [0.1, 0.15) is 25.2 Å². The minimum Gasteiger partial charge on any atom is -0.416 e. The van der Waals surface area contributed by atoms with Gasteiger partial charge in [-0.25, -0.2) is 0 Å². The van der Waals surface area contributed by atoms with E-state index in [2.05, 4.69) is 15.2 Å². The highest BCUT2D eigenvalue weighted by molar-refractivity contribution is 6.30. The van der Waals surface area contributed by atoms with E-state index >= 15 is 0 Å². The number of hydrogen-bond acceptors (Lipinski definition) is 6. The molecule has 2 rings (SSSR count). The van der Waals surface area contributed by atoms with Crippen molar-refractivity contribution in [2.45, 2.75) is 26.7 Å². The summed E-state index contributed by atoms with van der Waals surface area (Å²) in [7, 11) is 0. The highest BCUT2D eigenvalue weighted by Gasteiger charge is 2.18. The SMILES string of the molecule is CCc1nnc(Oc2cc(Cl)ccc2[N+](=O)[O-])nc1CC. The molecule has 110 valence electrons. The minimum absolute atomic E-state index is 0.0133. The molecule has 0 fully saturated rings. The Kier molecular flexibility index (Phi) is 4.64. The van der Waals surface area contributed by atoms with Crippen molar-refractivity contribution in [1.82, 2.24) is 15.2 Å². The third kappa shape index (κ3) is 3.43. The molecular weight excluding hydrogens is 296 g/mol. The molecule has 0 saturated heterocycles. The zero-order chi connectivity index (χ0) is 15.4. The first-order valence-corrected chi connectivity index (χ1v) is 6.77. The molecule has 0 aliphatic rings. The zero-order valence-electron chi connectivity index (χ0n) is 11.5. The topological polar surface area (TPSA) is 91.0 Å². The van der Waals surface area contributed by atoms with Gasteiger partial charge >= 0.3 is 11.7 Å². The lowest BCUT2D eigenvalue weighted by atomic mass is 10.2. The smallest absolute Gasteiger partial charge is 0.341 e. The van der Waals surface area contributed by atoms with Gasteiger partial charge in [0, 0.05) is 17.2 Å². The maximum absolute atomic E-state index is 11.0. The molecule has 2 aromatic rings. The zero-order valence-corrected chi connectivity index (χ0v) is 12.3. The predicted molar refractivity (Wildman–Crippen MR) is 76.8 cm³/mol. The molecule has 0 unspecified atom stereocenters. The molecular formula is C13H13ClN4O3. The van der Waals surface area contributed by atoms with Gasteiger partial charge in [-0.15, -0.1) is 5.10 Å². The highest BCUT2D eigenvalue weighted by atomic mass is 35.5. The molecule has 7 nitrogen and oxygen atoms in total. The van der Waals surface area contributed by atoms with Crippen molar-refractivity contribution in [3.8, 4) is 11.8 Å². The van der Waals surface area contributed by atoms with Crippen LogP contribution >= 0.6 is 11.6 Å². The molecule has 0 atom stereocenters. The summed E-state index contributed by atoms with van der Waals surface area (Å²) in [6, 6.07) is 4.01. The van der Waals surface area contributed by atoms with E-state index in [0.717, 1.165) is 11.4 Å². The number of nitro groups is 1. The third-order valence-electron chi connectivity index (χ3n) is 2.81. The lowest BCUT2D eigenvalue weighted by Crippen LogP contribution is -2.05. The summed E-state index contributed by atoms with van der Waals surface area (Å²) in [6.07, 6.45) is 1.38. The van der Waals surface area contributed by atoms with Crippen LogP contribution in [-0.2, 0) is 12.8 Å². The molecule has 0 aliphatic heterocycles. The Morgan fingerprint density at radius 1 is 1.24 bits per heavy atom. The second kappa shape index (κ2) is 6.45. The van der Waals surface area contributed by atoms with E-state index in [0.29, 0.717) is 17.9 Å². The van der Waals surface area contributed by atoms with Crippen LogP contribution in [0, 0.1) is 10.1 Å². The van der Waals surface area contributed by atoms with E-state index < -0.39 is 4.92 Å². The summed E-state index contributed by atoms with van der Waals surface area (Å²) >= 11 is 5.83. The van der Waals surface area contributed by atoms with E-state index in [-0.39, 0.29) is 17.4 Å². The van der Waals surface area contributed by atoms with Crippen molar-refractivity contribution in [3.05, 3.63) is 44.7 Å². The number of hydrogen-bond donors (Lipinski definition) is 0. The van der Waals surface area contributed by atoms with E-state index in [4.69, 9.17) is 16.3 Å². The fourth-order valence-corrected chi connectivity index (χ4v) is 1.95. The summed E-state index contributed by atoms with van der Waals surface area (Å²) in [4.78, 5) is 14.6. The number of nitrogens with zero attached hydrogens (tertiary/aromatic N) is 4. The fourth-order valence-electron chi connectivity index (χ4n) is 1.78. The Morgan fingerprint density at radius 2 is 1.95 bits per heavy atom. The van der Waals surface area contributed by atoms with Crippen molar-refractivity contribution in [3.63, 3.8) is 0 Å². The molecule has 21 heavy (non-hydrogen) atoms. The van der Waals surface area contributed by atoms with Gasteiger partial charge in [-0.05, 0) is 18.9 Å². The van der Waals surface area contributed by atoms with Crippen LogP contribution in [-0.4, -0.2) is 20.1 Å². The van der Waals surface area contributed by atoms with Crippen LogP contribution < -0.4 is 4.74 Å². The fraction of sp³-hybridized carbons (Fsp3) is 0.308. The van der Waals surface area contributed by atoms with E-state index in [1.807, 2.05) is 13.8 Å². The molecule has 0 N–H and O–H groups in total. The van der Waals surface area contributed by atoms with E-state index in [1.54, 1.807) is 0 Å². The van der Waals surface area contributed by atoms with Gasteiger partial charge in [0.15, 0.2) is 0 Å². The van der Waals surface area contributed by atoms with Gasteiger partial charge in [0.05, 0.1) is 16.3 Å². The van der Waals surface area contributed by atoms with Crippen LogP contribution in [0.3, 0.4) is 0 Å². The number of rotatable bonds is 5. The number of nitro benzene ring substituents is 1. The molecule has 0 bridgehead atoms. The van der Waals surface area contributed by atoms with Crippen molar-refractivity contribution in [2.24, 2.45) is 0 Å². The quantitative estimate of drug-likeness (QED) is 0.621. The summed E-state index contributed by atoms with van der Waals surface area (Å²) in [6.45, 7) is 3.89. The van der Waals surface area contributed by atoms with E-state index in [9.17, 15) is 10.1 Å². The standard InChI is InChI=1S/C13H13ClN4O3/c1-3-9-10(4-2)16-17-13(15-9)21-12-7-8(14)5-6-11(12)18(19)20/h5-7H,3-4H2,1-2H3. The van der Waals surface area contributed by atoms with Crippen molar-refractivity contribution >= 4 is 17.3 Å². The Labute approximate surface area is 126 Å². The average molecular weight is 309 g/mol. The monoisotopic (exact) mass is 308 g/mol. The normalized spacial score (nSPS) is 10.4. The first kappa shape index (κ1) is 15.1. The van der Waals surface area contributed by atoms with Crippen molar-refractivity contribution < 1.29 is 9.66 Å². The van der Waals surface area contributed by atoms with Crippen molar-refractivity contribution in [2.75, 3.05) is 0 Å². The number of halogens is 1. The minimum atomic E-state index is -0.555. The van der Waals surface area contributed by atoms with E-state index in [1.165, 1.54) is 18.2 Å². The molecule has 0 spiro atoms. The summed E-state index contributed by atoms with van der Waals surface area (Å²) in [5, 5.41) is 19.2. The molecule has 0 amide bonds. The van der Waals surface area contributed by atoms with Gasteiger partial charge in [0.1, 0.15) is 0 Å². The summed E-state index contributed by atoms with van der Waals surface area (Å²) in [5.41, 5.74) is 1.33. The molecule has 0 saturated carbocycles. The van der Waals surface area contributed by atoms with Gasteiger partial charge in [-0.1, -0.05) is 30.5 Å². The Morgan fingerprint density at radius 3 is 2.57 bits per heavy atom. The first-order chi connectivity index (χ1) is 10.0. The van der Waals surface area contributed by atoms with Crippen LogP contribution in [0.2, 0.25) is 5.02 Å². The second-order valence-corrected chi connectivity index (χ2v) is 4.60. The lowest BCUT2D eigenvalue weighted by molar-refractivity contribution is -0.385. The second-order valence-electron chi connectivity index (χ2n) is 4.17. The lowest BCUT2D eigenvalue weighted by Gasteiger charge is -2.07. The van der Waals surface area contributed by atoms with Crippen LogP contribution in [0.5, 0.6) is 11.8 Å². The molecule has 1 aromatic heterocycles. The summed E-state index contributed by atoms with van der Waals surface area (Å²) < 4.78 is 5.38. The Bertz CT molecular complexity index is 678. The molecule has 8 heteroatoms. The van der Waals surface area contributed by atoms with Crippen LogP contribution in [0.4, 0.5) is 5.69 Å². The Balaban J connectivity index is 2.38. The van der Waals surface area contributed by atoms with Crippen LogP contribution in [0.25, 0.3) is 0 Å². The van der Waals surface area contributed by atoms with Gasteiger partial charge in [0.2, 0.25) is 5.75 Å². The Hall–Kier alpha value is -2.28. The van der Waals surface area contributed by atoms with Gasteiger partial charge in [0.25, 0.3) is 0 Å². The predicted octanol–water partition coefficient (Wildman–Crippen LogP) is 3.35. The maximum Gasteiger partial charge on any atom is 0.341 e. The number of aryl methyl sites for hydroxylation is 2. The molecule has 0 radical (unpaired) electrons. The van der Waals surface area contributed by atoms with Gasteiger partial charge in [-0.2, -0.15) is 4.98 Å². The average Bonchev–Trinajstić information content (AvgIpc) is 2.46. The molecule has 0 aliphatic carbocycles. The largest absolute Gasteiger partial charge is 0.416 e. The molecule has 1 heterocycles. The van der Waals surface area contributed by atoms with Crippen molar-refractivity contribution in [1.29, 1.82) is 0 Å². The third-order valence-corrected chi connectivity index (χ3v) is 3.04. The number of ether oxygens (including phenoxy) is 1. The number of benzene rings is 1. The highest BCUT2D eigenvalue weighted by Crippen LogP contribution is 2.32.